The summed E-state index contributed by atoms with van der Waals surface area (Å²) in [5.41, 5.74) is 8.51. The van der Waals surface area contributed by atoms with Gasteiger partial charge in [-0.2, -0.15) is 0 Å². The number of carbonyl (C=O) groups is 3. The molecule has 198 valence electrons. The number of hydrogen-bond donors (Lipinski definition) is 3. The highest BCUT2D eigenvalue weighted by Crippen LogP contribution is 2.46. The lowest BCUT2D eigenvalue weighted by Gasteiger charge is -2.22. The largest absolute Gasteiger partial charge is 0.370 e. The van der Waals surface area contributed by atoms with E-state index in [4.69, 9.17) is 5.73 Å². The van der Waals surface area contributed by atoms with E-state index >= 15 is 0 Å². The van der Waals surface area contributed by atoms with Gasteiger partial charge in [-0.25, -0.2) is 0 Å². The quantitative estimate of drug-likeness (QED) is 0.269. The van der Waals surface area contributed by atoms with E-state index in [0.29, 0.717) is 13.0 Å². The molecular weight excluding hydrogens is 528 g/mol. The number of thioether (sulfide) groups is 1. The Morgan fingerprint density at radius 2 is 1.82 bits per heavy atom. The summed E-state index contributed by atoms with van der Waals surface area (Å²) >= 11 is 2.96. The van der Waals surface area contributed by atoms with E-state index in [1.807, 2.05) is 66.9 Å². The number of thiophene rings is 1. The second kappa shape index (κ2) is 12.2. The molecular formula is C30H28N4O3S2. The van der Waals surface area contributed by atoms with E-state index in [2.05, 4.69) is 28.2 Å². The maximum absolute atomic E-state index is 13.3. The van der Waals surface area contributed by atoms with Crippen molar-refractivity contribution in [1.29, 1.82) is 0 Å². The van der Waals surface area contributed by atoms with Gasteiger partial charge in [0, 0.05) is 53.5 Å². The number of aromatic nitrogens is 1. The second-order valence-corrected chi connectivity index (χ2v) is 11.6. The number of rotatable bonds is 9. The summed E-state index contributed by atoms with van der Waals surface area (Å²) in [5, 5.41) is 3.28. The fourth-order valence-electron chi connectivity index (χ4n) is 4.53. The molecule has 4 N–H and O–H groups in total. The van der Waals surface area contributed by atoms with Gasteiger partial charge in [0.15, 0.2) is 0 Å². The van der Waals surface area contributed by atoms with Crippen molar-refractivity contribution in [3.63, 3.8) is 0 Å². The van der Waals surface area contributed by atoms with Crippen molar-refractivity contribution in [3.05, 3.63) is 93.8 Å². The van der Waals surface area contributed by atoms with Gasteiger partial charge in [-0.1, -0.05) is 48.2 Å². The summed E-state index contributed by atoms with van der Waals surface area (Å²) in [4.78, 5) is 44.3. The molecule has 3 heterocycles. The van der Waals surface area contributed by atoms with Crippen LogP contribution in [0.2, 0.25) is 0 Å². The molecule has 2 unspecified atom stereocenters. The van der Waals surface area contributed by atoms with E-state index in [1.165, 1.54) is 23.1 Å². The van der Waals surface area contributed by atoms with Gasteiger partial charge >= 0.3 is 0 Å². The minimum atomic E-state index is -0.531. The number of aromatic amines is 1. The Balaban J connectivity index is 1.22. The van der Waals surface area contributed by atoms with Crippen molar-refractivity contribution < 1.29 is 14.4 Å². The Morgan fingerprint density at radius 3 is 2.64 bits per heavy atom. The molecule has 1 saturated heterocycles. The molecule has 2 aromatic carbocycles. The van der Waals surface area contributed by atoms with E-state index in [9.17, 15) is 14.4 Å². The minimum absolute atomic E-state index is 0.0678. The van der Waals surface area contributed by atoms with Gasteiger partial charge in [0.2, 0.25) is 17.7 Å². The third-order valence-corrected chi connectivity index (χ3v) is 9.14. The van der Waals surface area contributed by atoms with Crippen LogP contribution in [-0.2, 0) is 20.8 Å². The molecule has 1 aliphatic heterocycles. The van der Waals surface area contributed by atoms with Crippen molar-refractivity contribution >= 4 is 51.7 Å². The lowest BCUT2D eigenvalue weighted by molar-refractivity contribution is -0.132. The monoisotopic (exact) mass is 556 g/mol. The first-order chi connectivity index (χ1) is 19.0. The zero-order chi connectivity index (χ0) is 27.2. The van der Waals surface area contributed by atoms with Gasteiger partial charge in [-0.3, -0.25) is 14.4 Å². The summed E-state index contributed by atoms with van der Waals surface area (Å²) in [5.74, 6) is 5.56. The number of para-hydroxylation sites is 1. The lowest BCUT2D eigenvalue weighted by Crippen LogP contribution is -2.36. The van der Waals surface area contributed by atoms with Crippen molar-refractivity contribution in [2.45, 2.75) is 29.9 Å². The van der Waals surface area contributed by atoms with Crippen LogP contribution in [0.15, 0.2) is 72.9 Å². The summed E-state index contributed by atoms with van der Waals surface area (Å²) in [6.07, 6.45) is 2.80. The molecule has 4 aromatic rings. The smallest absolute Gasteiger partial charge is 0.237 e. The number of carbonyl (C=O) groups excluding carboxylic acids is 3. The fourth-order valence-corrected chi connectivity index (χ4v) is 7.07. The Morgan fingerprint density at radius 1 is 1.03 bits per heavy atom. The second-order valence-electron chi connectivity index (χ2n) is 9.21. The normalized spacial score (nSPS) is 16.7. The highest BCUT2D eigenvalue weighted by Gasteiger charge is 2.42. The lowest BCUT2D eigenvalue weighted by atomic mass is 10.1. The van der Waals surface area contributed by atoms with Crippen LogP contribution in [0.4, 0.5) is 0 Å². The summed E-state index contributed by atoms with van der Waals surface area (Å²) in [6, 6.07) is 21.7. The molecule has 2 atom stereocenters. The van der Waals surface area contributed by atoms with Gasteiger partial charge in [0.25, 0.3) is 0 Å². The van der Waals surface area contributed by atoms with Crippen molar-refractivity contribution in [3.8, 4) is 11.8 Å². The van der Waals surface area contributed by atoms with E-state index in [0.717, 1.165) is 31.8 Å². The van der Waals surface area contributed by atoms with E-state index < -0.39 is 11.2 Å². The first kappa shape index (κ1) is 26.6. The molecule has 9 heteroatoms. The molecule has 1 fully saturated rings. The predicted octanol–water partition coefficient (Wildman–Crippen LogP) is 4.20. The molecule has 1 aliphatic rings. The van der Waals surface area contributed by atoms with Gasteiger partial charge < -0.3 is 20.9 Å². The highest BCUT2D eigenvalue weighted by molar-refractivity contribution is 8.01. The van der Waals surface area contributed by atoms with Gasteiger partial charge in [0.1, 0.15) is 5.37 Å². The average Bonchev–Trinajstić information content (AvgIpc) is 3.65. The zero-order valence-corrected chi connectivity index (χ0v) is 22.8. The van der Waals surface area contributed by atoms with Crippen LogP contribution in [-0.4, -0.2) is 45.9 Å². The van der Waals surface area contributed by atoms with Crippen molar-refractivity contribution in [2.24, 2.45) is 5.73 Å². The van der Waals surface area contributed by atoms with Crippen LogP contribution >= 0.6 is 23.1 Å². The summed E-state index contributed by atoms with van der Waals surface area (Å²) in [7, 11) is 0. The maximum Gasteiger partial charge on any atom is 0.237 e. The maximum atomic E-state index is 13.3. The van der Waals surface area contributed by atoms with Crippen molar-refractivity contribution in [1.82, 2.24) is 15.2 Å². The molecule has 0 aliphatic carbocycles. The van der Waals surface area contributed by atoms with Gasteiger partial charge in [-0.05, 0) is 42.3 Å². The molecule has 0 saturated carbocycles. The Labute approximate surface area is 235 Å². The standard InChI is InChI=1S/C30H28N4O3S2/c31-27(35)15-17-34-29(37)26(18-28(36)32-16-14-21-19-33-24-9-5-4-8-23(21)24)39-30(34)25-13-12-22(38-25)11-10-20-6-2-1-3-7-20/h1-9,12-13,19,26,30,33H,14-18H2,(H2,31,35)(H,32,36). The average molecular weight is 557 g/mol. The number of fused-ring (bicyclic) bond motifs is 1. The number of hydrogen-bond acceptors (Lipinski definition) is 5. The first-order valence-corrected chi connectivity index (χ1v) is 14.5. The number of nitrogens with two attached hydrogens (primary N) is 1. The zero-order valence-electron chi connectivity index (χ0n) is 21.2. The molecule has 0 radical (unpaired) electrons. The third-order valence-electron chi connectivity index (χ3n) is 6.47. The molecule has 2 aromatic heterocycles. The summed E-state index contributed by atoms with van der Waals surface area (Å²) in [6.45, 7) is 0.697. The van der Waals surface area contributed by atoms with Crippen molar-refractivity contribution in [2.75, 3.05) is 13.1 Å². The van der Waals surface area contributed by atoms with Crippen LogP contribution < -0.4 is 11.1 Å². The first-order valence-electron chi connectivity index (χ1n) is 12.7. The van der Waals surface area contributed by atoms with Crippen LogP contribution in [0, 0.1) is 11.8 Å². The third kappa shape index (κ3) is 6.53. The Hall–Kier alpha value is -4.00. The molecule has 7 nitrogen and oxygen atoms in total. The SMILES string of the molecule is NC(=O)CCN1C(=O)C(CC(=O)NCCc2c[nH]c3ccccc23)SC1c1ccc(C#Cc2ccccc2)s1. The summed E-state index contributed by atoms with van der Waals surface area (Å²) < 4.78 is 0. The van der Waals surface area contributed by atoms with Gasteiger partial charge in [0.05, 0.1) is 10.1 Å². The Kier molecular flexibility index (Phi) is 8.35. The molecule has 0 bridgehead atoms. The minimum Gasteiger partial charge on any atom is -0.370 e. The fraction of sp³-hybridized carbons (Fsp3) is 0.233. The molecule has 39 heavy (non-hydrogen) atoms. The molecule has 3 amide bonds. The van der Waals surface area contributed by atoms with E-state index in [-0.39, 0.29) is 36.6 Å². The van der Waals surface area contributed by atoms with Crippen LogP contribution in [0.1, 0.15) is 39.1 Å². The number of nitrogens with one attached hydrogen (secondary N) is 2. The number of H-pyrrole nitrogens is 1. The predicted molar refractivity (Wildman–Crippen MR) is 156 cm³/mol. The van der Waals surface area contributed by atoms with Crippen LogP contribution in [0.3, 0.4) is 0 Å². The number of primary amides is 1. The topological polar surface area (TPSA) is 108 Å². The molecule has 0 spiro atoms. The van der Waals surface area contributed by atoms with Crippen LogP contribution in [0.5, 0.6) is 0 Å². The number of benzene rings is 2. The van der Waals surface area contributed by atoms with Gasteiger partial charge in [-0.15, -0.1) is 23.1 Å². The highest BCUT2D eigenvalue weighted by atomic mass is 32.2. The number of amides is 3. The molecule has 5 rings (SSSR count). The Bertz CT molecular complexity index is 1550. The number of nitrogens with zero attached hydrogens (tertiary/aromatic N) is 1. The van der Waals surface area contributed by atoms with E-state index in [1.54, 1.807) is 4.90 Å². The van der Waals surface area contributed by atoms with Crippen LogP contribution in [0.25, 0.3) is 10.9 Å².